The van der Waals surface area contributed by atoms with Crippen molar-refractivity contribution in [2.45, 2.75) is 6.42 Å². The molecule has 2 heterocycles. The van der Waals surface area contributed by atoms with E-state index >= 15 is 0 Å². The van der Waals surface area contributed by atoms with Gasteiger partial charge in [-0.05, 0) is 42.5 Å². The van der Waals surface area contributed by atoms with Crippen LogP contribution in [0.15, 0.2) is 69.6 Å². The summed E-state index contributed by atoms with van der Waals surface area (Å²) in [5, 5.41) is 0.427. The zero-order valence-corrected chi connectivity index (χ0v) is 14.5. The molecule has 27 heavy (non-hydrogen) atoms. The molecule has 1 aromatic heterocycles. The van der Waals surface area contributed by atoms with Crippen LogP contribution in [0.4, 0.5) is 5.69 Å². The molecule has 0 bridgehead atoms. The number of amides is 2. The van der Waals surface area contributed by atoms with Gasteiger partial charge in [-0.15, -0.1) is 0 Å². The second-order valence-electron chi connectivity index (χ2n) is 6.10. The van der Waals surface area contributed by atoms with Gasteiger partial charge in [-0.25, -0.2) is 4.90 Å². The van der Waals surface area contributed by atoms with E-state index in [4.69, 9.17) is 9.15 Å². The van der Waals surface area contributed by atoms with Crippen LogP contribution in [0.3, 0.4) is 0 Å². The fourth-order valence-corrected chi connectivity index (χ4v) is 3.06. The molecule has 0 unspecified atom stereocenters. The van der Waals surface area contributed by atoms with E-state index in [2.05, 4.69) is 0 Å². The predicted octanol–water partition coefficient (Wildman–Crippen LogP) is 3.15. The van der Waals surface area contributed by atoms with Crippen molar-refractivity contribution >= 4 is 34.5 Å². The highest BCUT2D eigenvalue weighted by molar-refractivity contribution is 6.29. The highest BCUT2D eigenvalue weighted by atomic mass is 16.5. The maximum atomic E-state index is 12.7. The Hall–Kier alpha value is -3.67. The fraction of sp³-hybridized carbons (Fsp3) is 0.0952. The lowest BCUT2D eigenvalue weighted by molar-refractivity contribution is -0.120. The summed E-state index contributed by atoms with van der Waals surface area (Å²) in [5.41, 5.74) is 1.17. The first-order chi connectivity index (χ1) is 13.1. The monoisotopic (exact) mass is 361 g/mol. The van der Waals surface area contributed by atoms with Crippen LogP contribution in [0.25, 0.3) is 17.0 Å². The summed E-state index contributed by atoms with van der Waals surface area (Å²) >= 11 is 0. The van der Waals surface area contributed by atoms with Gasteiger partial charge in [0, 0.05) is 5.57 Å². The molecule has 6 heteroatoms. The van der Waals surface area contributed by atoms with E-state index < -0.39 is 5.91 Å². The second kappa shape index (κ2) is 6.57. The minimum absolute atomic E-state index is 0.0723. The molecule has 0 radical (unpaired) electrons. The average Bonchev–Trinajstić information content (AvgIpc) is 2.97. The van der Waals surface area contributed by atoms with Gasteiger partial charge in [-0.1, -0.05) is 12.1 Å². The number of methoxy groups -OCH3 is 1. The number of imide groups is 1. The number of anilines is 1. The Kier molecular flexibility index (Phi) is 4.08. The number of hydrogen-bond acceptors (Lipinski definition) is 5. The predicted molar refractivity (Wildman–Crippen MR) is 101 cm³/mol. The van der Waals surface area contributed by atoms with E-state index in [1.165, 1.54) is 19.4 Å². The molecule has 2 aromatic carbocycles. The molecule has 2 amide bonds. The summed E-state index contributed by atoms with van der Waals surface area (Å²) in [7, 11) is 1.54. The van der Waals surface area contributed by atoms with Gasteiger partial charge in [0.2, 0.25) is 5.91 Å². The number of ether oxygens (including phenoxy) is 1. The molecule has 1 aliphatic rings. The third-order valence-corrected chi connectivity index (χ3v) is 4.44. The normalized spacial score (nSPS) is 15.7. The first-order valence-electron chi connectivity index (χ1n) is 8.31. The summed E-state index contributed by atoms with van der Waals surface area (Å²) in [6.07, 6.45) is 2.67. The smallest absolute Gasteiger partial charge is 0.261 e. The number of rotatable bonds is 3. The van der Waals surface area contributed by atoms with Gasteiger partial charge in [-0.2, -0.15) is 0 Å². The summed E-state index contributed by atoms with van der Waals surface area (Å²) in [4.78, 5) is 38.8. The molecule has 134 valence electrons. The molecule has 0 saturated carbocycles. The van der Waals surface area contributed by atoms with Gasteiger partial charge in [0.25, 0.3) is 5.91 Å². The minimum Gasteiger partial charge on any atom is -0.497 e. The number of fused-ring (bicyclic) bond motifs is 1. The quantitative estimate of drug-likeness (QED) is 0.529. The first kappa shape index (κ1) is 16.8. The number of carbonyl (C=O) groups is 2. The summed E-state index contributed by atoms with van der Waals surface area (Å²) in [6, 6.07) is 13.5. The maximum Gasteiger partial charge on any atom is 0.261 e. The fourth-order valence-electron chi connectivity index (χ4n) is 3.06. The lowest BCUT2D eigenvalue weighted by atomic mass is 10.1. The number of benzene rings is 2. The molecule has 0 atom stereocenters. The third-order valence-electron chi connectivity index (χ3n) is 4.44. The van der Waals surface area contributed by atoms with Crippen LogP contribution in [0.5, 0.6) is 5.75 Å². The van der Waals surface area contributed by atoms with Gasteiger partial charge in [-0.3, -0.25) is 14.4 Å². The molecule has 0 N–H and O–H groups in total. The Morgan fingerprint density at radius 3 is 2.52 bits per heavy atom. The minimum atomic E-state index is -0.447. The lowest BCUT2D eigenvalue weighted by Gasteiger charge is -2.13. The summed E-state index contributed by atoms with van der Waals surface area (Å²) in [6.45, 7) is 0. The van der Waals surface area contributed by atoms with Crippen LogP contribution >= 0.6 is 0 Å². The van der Waals surface area contributed by atoms with Crippen LogP contribution in [0, 0.1) is 0 Å². The summed E-state index contributed by atoms with van der Waals surface area (Å²) < 4.78 is 10.6. The Morgan fingerprint density at radius 1 is 1.04 bits per heavy atom. The Morgan fingerprint density at radius 2 is 1.78 bits per heavy atom. The third kappa shape index (κ3) is 2.91. The number of carbonyl (C=O) groups excluding carboxylic acids is 2. The van der Waals surface area contributed by atoms with Crippen molar-refractivity contribution in [1.82, 2.24) is 0 Å². The molecule has 3 aromatic rings. The molecule has 1 aliphatic heterocycles. The zero-order valence-electron chi connectivity index (χ0n) is 14.5. The molecular weight excluding hydrogens is 346 g/mol. The van der Waals surface area contributed by atoms with Gasteiger partial charge in [0.15, 0.2) is 5.43 Å². The van der Waals surface area contributed by atoms with Gasteiger partial charge >= 0.3 is 0 Å². The van der Waals surface area contributed by atoms with Crippen molar-refractivity contribution in [2.75, 3.05) is 12.0 Å². The van der Waals surface area contributed by atoms with Crippen molar-refractivity contribution in [3.63, 3.8) is 0 Å². The molecule has 6 nitrogen and oxygen atoms in total. The zero-order chi connectivity index (χ0) is 19.0. The standard InChI is InChI=1S/C21H15NO5/c1-26-16-8-6-15(7-9-16)22-19(23)11-13(21(22)25)10-14-12-27-18-5-3-2-4-17(18)20(14)24/h2-10,12H,11H2,1H3/b13-10-. The summed E-state index contributed by atoms with van der Waals surface area (Å²) in [5.74, 6) is -0.165. The topological polar surface area (TPSA) is 76.8 Å². The second-order valence-corrected chi connectivity index (χ2v) is 6.10. The number of hydrogen-bond donors (Lipinski definition) is 0. The highest BCUT2D eigenvalue weighted by Gasteiger charge is 2.35. The molecule has 1 fully saturated rings. The van der Waals surface area contributed by atoms with Crippen molar-refractivity contribution in [2.24, 2.45) is 0 Å². The van der Waals surface area contributed by atoms with Gasteiger partial charge < -0.3 is 9.15 Å². The highest BCUT2D eigenvalue weighted by Crippen LogP contribution is 2.28. The van der Waals surface area contributed by atoms with Crippen LogP contribution in [-0.4, -0.2) is 18.9 Å². The van der Waals surface area contributed by atoms with Crippen molar-refractivity contribution in [1.29, 1.82) is 0 Å². The van der Waals surface area contributed by atoms with Crippen molar-refractivity contribution in [3.05, 3.63) is 76.2 Å². The van der Waals surface area contributed by atoms with Crippen LogP contribution < -0.4 is 15.1 Å². The molecule has 1 saturated heterocycles. The largest absolute Gasteiger partial charge is 0.497 e. The van der Waals surface area contributed by atoms with E-state index in [9.17, 15) is 14.4 Å². The molecule has 4 rings (SSSR count). The first-order valence-corrected chi connectivity index (χ1v) is 8.31. The van der Waals surface area contributed by atoms with Crippen LogP contribution in [-0.2, 0) is 9.59 Å². The van der Waals surface area contributed by atoms with Crippen molar-refractivity contribution in [3.8, 4) is 5.75 Å². The molecular formula is C21H15NO5. The van der Waals surface area contributed by atoms with E-state index in [0.717, 1.165) is 4.90 Å². The lowest BCUT2D eigenvalue weighted by Crippen LogP contribution is -2.28. The van der Waals surface area contributed by atoms with E-state index in [1.807, 2.05) is 0 Å². The SMILES string of the molecule is COc1ccc(N2C(=O)C/C(=C/c3coc4ccccc4c3=O)C2=O)cc1. The van der Waals surface area contributed by atoms with Crippen LogP contribution in [0.2, 0.25) is 0 Å². The van der Waals surface area contributed by atoms with E-state index in [0.29, 0.717) is 22.4 Å². The maximum absolute atomic E-state index is 12.7. The van der Waals surface area contributed by atoms with E-state index in [1.54, 1.807) is 48.5 Å². The van der Waals surface area contributed by atoms with Gasteiger partial charge in [0.05, 0.1) is 30.2 Å². The Labute approximate surface area is 154 Å². The molecule has 0 spiro atoms. The number of para-hydroxylation sites is 1. The van der Waals surface area contributed by atoms with Gasteiger partial charge in [0.1, 0.15) is 17.6 Å². The van der Waals surface area contributed by atoms with E-state index in [-0.39, 0.29) is 28.9 Å². The Balaban J connectivity index is 1.71. The average molecular weight is 361 g/mol. The van der Waals surface area contributed by atoms with Crippen LogP contribution in [0.1, 0.15) is 12.0 Å². The van der Waals surface area contributed by atoms with Crippen molar-refractivity contribution < 1.29 is 18.7 Å². The number of nitrogens with zero attached hydrogens (tertiary/aromatic N) is 1. The Bertz CT molecular complexity index is 1140. The molecule has 0 aliphatic carbocycles.